The molecule has 0 heterocycles. The van der Waals surface area contributed by atoms with E-state index in [2.05, 4.69) is 47.8 Å². The molecule has 0 atom stereocenters. The molecule has 0 radical (unpaired) electrons. The lowest BCUT2D eigenvalue weighted by molar-refractivity contribution is 0.585. The highest BCUT2D eigenvalue weighted by Gasteiger charge is 2.12. The van der Waals surface area contributed by atoms with Gasteiger partial charge in [0.05, 0.1) is 0 Å². The third-order valence-corrected chi connectivity index (χ3v) is 3.56. The number of thiocarbonyl (C=S) groups is 1. The largest absolute Gasteiger partial charge is 0.389 e. The molecule has 0 aromatic heterocycles. The predicted octanol–water partition coefficient (Wildman–Crippen LogP) is 3.57. The molecule has 1 aromatic rings. The van der Waals surface area contributed by atoms with E-state index in [1.807, 2.05) is 12.1 Å². The zero-order valence-corrected chi connectivity index (χ0v) is 12.9. The zero-order chi connectivity index (χ0) is 13.0. The van der Waals surface area contributed by atoms with Crippen molar-refractivity contribution in [2.75, 3.05) is 18.5 Å². The summed E-state index contributed by atoms with van der Waals surface area (Å²) in [6.45, 7) is 5.45. The van der Waals surface area contributed by atoms with E-state index in [0.29, 0.717) is 10.9 Å². The first kappa shape index (κ1) is 14.5. The molecule has 0 unspecified atom stereocenters. The van der Waals surface area contributed by atoms with E-state index in [1.54, 1.807) is 0 Å². The van der Waals surface area contributed by atoms with Gasteiger partial charge in [-0.25, -0.2) is 0 Å². The third kappa shape index (κ3) is 3.96. The highest BCUT2D eigenvalue weighted by Crippen LogP contribution is 2.27. The molecule has 0 aliphatic heterocycles. The van der Waals surface area contributed by atoms with Crippen LogP contribution in [0.2, 0.25) is 0 Å². The van der Waals surface area contributed by atoms with Crippen LogP contribution < -0.4 is 10.6 Å². The molecule has 4 heteroatoms. The van der Waals surface area contributed by atoms with E-state index in [9.17, 15) is 0 Å². The summed E-state index contributed by atoms with van der Waals surface area (Å²) in [5.74, 6) is 0.692. The van der Waals surface area contributed by atoms with Crippen molar-refractivity contribution >= 4 is 38.8 Å². The highest BCUT2D eigenvalue weighted by atomic mass is 79.9. The number of nitrogens with two attached hydrogens (primary N) is 1. The first-order valence-electron chi connectivity index (χ1n) is 5.73. The summed E-state index contributed by atoms with van der Waals surface area (Å²) in [5, 5.41) is 0. The van der Waals surface area contributed by atoms with Crippen LogP contribution in [0.25, 0.3) is 0 Å². The van der Waals surface area contributed by atoms with Gasteiger partial charge in [-0.05, 0) is 40.4 Å². The molecule has 0 aliphatic carbocycles. The van der Waals surface area contributed by atoms with E-state index >= 15 is 0 Å². The molecule has 17 heavy (non-hydrogen) atoms. The topological polar surface area (TPSA) is 29.3 Å². The Labute approximate surface area is 117 Å². The van der Waals surface area contributed by atoms with Crippen LogP contribution in [0.5, 0.6) is 0 Å². The van der Waals surface area contributed by atoms with Crippen LogP contribution in [-0.2, 0) is 0 Å². The molecule has 0 saturated carbocycles. The van der Waals surface area contributed by atoms with Gasteiger partial charge in [0.25, 0.3) is 0 Å². The van der Waals surface area contributed by atoms with Gasteiger partial charge in [-0.3, -0.25) is 0 Å². The number of hydrogen-bond acceptors (Lipinski definition) is 2. The number of halogens is 1. The van der Waals surface area contributed by atoms with E-state index < -0.39 is 0 Å². The van der Waals surface area contributed by atoms with Crippen molar-refractivity contribution in [3.8, 4) is 0 Å². The third-order valence-electron chi connectivity index (χ3n) is 2.69. The van der Waals surface area contributed by atoms with Crippen LogP contribution in [0, 0.1) is 5.92 Å². The molecule has 0 spiro atoms. The predicted molar refractivity (Wildman–Crippen MR) is 82.8 cm³/mol. The minimum atomic E-state index is 0.434. The molecule has 0 bridgehead atoms. The second kappa shape index (κ2) is 6.36. The number of anilines is 1. The van der Waals surface area contributed by atoms with Gasteiger partial charge in [-0.15, -0.1) is 0 Å². The van der Waals surface area contributed by atoms with Crippen molar-refractivity contribution in [1.29, 1.82) is 0 Å². The Hall–Kier alpha value is -0.610. The number of benzene rings is 1. The van der Waals surface area contributed by atoms with Gasteiger partial charge in [-0.2, -0.15) is 0 Å². The molecule has 2 N–H and O–H groups in total. The van der Waals surface area contributed by atoms with Crippen LogP contribution in [0.3, 0.4) is 0 Å². The summed E-state index contributed by atoms with van der Waals surface area (Å²) in [7, 11) is 2.08. The Balaban J connectivity index is 2.96. The van der Waals surface area contributed by atoms with Crippen molar-refractivity contribution < 1.29 is 0 Å². The minimum absolute atomic E-state index is 0.434. The molecular weight excluding hydrogens is 296 g/mol. The van der Waals surface area contributed by atoms with Gasteiger partial charge in [0.1, 0.15) is 4.99 Å². The van der Waals surface area contributed by atoms with E-state index in [4.69, 9.17) is 18.0 Å². The van der Waals surface area contributed by atoms with Gasteiger partial charge < -0.3 is 10.6 Å². The average Bonchev–Trinajstić information content (AvgIpc) is 2.24. The summed E-state index contributed by atoms with van der Waals surface area (Å²) in [4.78, 5) is 2.64. The van der Waals surface area contributed by atoms with Gasteiger partial charge >= 0.3 is 0 Å². The lowest BCUT2D eigenvalue weighted by atomic mass is 10.1. The van der Waals surface area contributed by atoms with Gasteiger partial charge in [0.2, 0.25) is 0 Å². The number of nitrogens with zero attached hydrogens (tertiary/aromatic N) is 1. The Kier molecular flexibility index (Phi) is 5.40. The van der Waals surface area contributed by atoms with Crippen LogP contribution in [-0.4, -0.2) is 18.6 Å². The highest BCUT2D eigenvalue weighted by molar-refractivity contribution is 9.10. The summed E-state index contributed by atoms with van der Waals surface area (Å²) < 4.78 is 0.957. The monoisotopic (exact) mass is 314 g/mol. The first-order valence-corrected chi connectivity index (χ1v) is 6.93. The lowest BCUT2D eigenvalue weighted by Gasteiger charge is -2.23. The SMILES string of the molecule is CC(C)CCN(C)c1cccc(Br)c1C(N)=S. The Morgan fingerprint density at radius 3 is 2.65 bits per heavy atom. The Morgan fingerprint density at radius 1 is 1.47 bits per heavy atom. The number of rotatable bonds is 5. The summed E-state index contributed by atoms with van der Waals surface area (Å²) in [6.07, 6.45) is 1.15. The van der Waals surface area contributed by atoms with Crippen molar-refractivity contribution in [2.45, 2.75) is 20.3 Å². The first-order chi connectivity index (χ1) is 7.93. The van der Waals surface area contributed by atoms with Crippen molar-refractivity contribution in [3.63, 3.8) is 0 Å². The van der Waals surface area contributed by atoms with Crippen molar-refractivity contribution in [3.05, 3.63) is 28.2 Å². The van der Waals surface area contributed by atoms with Crippen LogP contribution >= 0.6 is 28.1 Å². The van der Waals surface area contributed by atoms with Gasteiger partial charge in [0.15, 0.2) is 0 Å². The summed E-state index contributed by atoms with van der Waals surface area (Å²) in [5.41, 5.74) is 7.80. The molecule has 1 aromatic carbocycles. The van der Waals surface area contributed by atoms with Crippen LogP contribution in [0.4, 0.5) is 5.69 Å². The van der Waals surface area contributed by atoms with Crippen molar-refractivity contribution in [1.82, 2.24) is 0 Å². The minimum Gasteiger partial charge on any atom is -0.389 e. The summed E-state index contributed by atoms with van der Waals surface area (Å²) >= 11 is 8.62. The van der Waals surface area contributed by atoms with Crippen LogP contribution in [0.1, 0.15) is 25.8 Å². The van der Waals surface area contributed by atoms with E-state index in [1.165, 1.54) is 0 Å². The average molecular weight is 315 g/mol. The molecule has 1 rings (SSSR count). The number of hydrogen-bond donors (Lipinski definition) is 1. The van der Waals surface area contributed by atoms with Gasteiger partial charge in [-0.1, -0.05) is 32.1 Å². The van der Waals surface area contributed by atoms with Crippen molar-refractivity contribution in [2.24, 2.45) is 11.7 Å². The molecule has 0 amide bonds. The maximum absolute atomic E-state index is 5.78. The fourth-order valence-corrected chi connectivity index (χ4v) is 2.56. The fraction of sp³-hybridized carbons (Fsp3) is 0.462. The Bertz CT molecular complexity index is 404. The standard InChI is InChI=1S/C13H19BrN2S/c1-9(2)7-8-16(3)11-6-4-5-10(14)12(11)13(15)17/h4-6,9H,7-8H2,1-3H3,(H2,15,17). The zero-order valence-electron chi connectivity index (χ0n) is 10.5. The van der Waals surface area contributed by atoms with E-state index in [-0.39, 0.29) is 0 Å². The second-order valence-corrected chi connectivity index (χ2v) is 5.90. The second-order valence-electron chi connectivity index (χ2n) is 4.60. The molecule has 94 valence electrons. The molecule has 2 nitrogen and oxygen atoms in total. The van der Waals surface area contributed by atoms with E-state index in [0.717, 1.165) is 28.7 Å². The molecule has 0 fully saturated rings. The Morgan fingerprint density at radius 2 is 2.12 bits per heavy atom. The maximum Gasteiger partial charge on any atom is 0.107 e. The van der Waals surface area contributed by atoms with Crippen LogP contribution in [0.15, 0.2) is 22.7 Å². The molecule has 0 saturated heterocycles. The van der Waals surface area contributed by atoms with Gasteiger partial charge in [0, 0.05) is 29.3 Å². The quantitative estimate of drug-likeness (QED) is 0.842. The molecule has 0 aliphatic rings. The molecular formula is C13H19BrN2S. The lowest BCUT2D eigenvalue weighted by Crippen LogP contribution is -2.24. The fourth-order valence-electron chi connectivity index (χ4n) is 1.65. The summed E-state index contributed by atoms with van der Waals surface area (Å²) in [6, 6.07) is 6.03. The maximum atomic E-state index is 5.78. The smallest absolute Gasteiger partial charge is 0.107 e. The normalized spacial score (nSPS) is 10.6.